The Balaban J connectivity index is 1.69. The van der Waals surface area contributed by atoms with Crippen molar-refractivity contribution in [3.8, 4) is 0 Å². The Morgan fingerprint density at radius 3 is 2.54 bits per heavy atom. The Morgan fingerprint density at radius 2 is 1.82 bits per heavy atom. The molecule has 2 aromatic carbocycles. The number of nitrogens with one attached hydrogen (secondary N) is 1. The van der Waals surface area contributed by atoms with Crippen molar-refractivity contribution in [1.29, 1.82) is 0 Å². The van der Waals surface area contributed by atoms with Crippen LogP contribution in [0.2, 0.25) is 0 Å². The fourth-order valence-corrected chi connectivity index (χ4v) is 2.76. The molecule has 28 heavy (non-hydrogen) atoms. The molecular formula is C20H19FN4O3. The van der Waals surface area contributed by atoms with E-state index in [1.807, 2.05) is 0 Å². The van der Waals surface area contributed by atoms with Crippen molar-refractivity contribution >= 4 is 28.4 Å². The van der Waals surface area contributed by atoms with Gasteiger partial charge in [0.15, 0.2) is 0 Å². The van der Waals surface area contributed by atoms with Crippen LogP contribution in [0.5, 0.6) is 0 Å². The van der Waals surface area contributed by atoms with Crippen molar-refractivity contribution in [3.63, 3.8) is 0 Å². The number of aromatic nitrogens is 2. The first-order valence-corrected chi connectivity index (χ1v) is 8.60. The third-order valence-electron chi connectivity index (χ3n) is 4.28. The van der Waals surface area contributed by atoms with Crippen LogP contribution in [0, 0.1) is 12.7 Å². The SMILES string of the molecule is Cc1nc2ccccc2c(=O)n1CC(=O)N(C)CC(=O)Nc1ccc(F)cc1. The molecule has 3 aromatic rings. The van der Waals surface area contributed by atoms with Crippen LogP contribution in [-0.4, -0.2) is 39.9 Å². The van der Waals surface area contributed by atoms with Crippen molar-refractivity contribution in [2.75, 3.05) is 18.9 Å². The number of fused-ring (bicyclic) bond motifs is 1. The summed E-state index contributed by atoms with van der Waals surface area (Å²) < 4.78 is 14.2. The number of rotatable bonds is 5. The second kappa shape index (κ2) is 7.99. The van der Waals surface area contributed by atoms with Gasteiger partial charge in [-0.1, -0.05) is 12.1 Å². The van der Waals surface area contributed by atoms with Gasteiger partial charge >= 0.3 is 0 Å². The Hall–Kier alpha value is -3.55. The average Bonchev–Trinajstić information content (AvgIpc) is 2.66. The molecule has 2 amide bonds. The minimum atomic E-state index is -0.428. The van der Waals surface area contributed by atoms with Crippen LogP contribution in [0.3, 0.4) is 0 Å². The van der Waals surface area contributed by atoms with Crippen molar-refractivity contribution in [2.45, 2.75) is 13.5 Å². The van der Waals surface area contributed by atoms with E-state index in [1.54, 1.807) is 31.2 Å². The van der Waals surface area contributed by atoms with Gasteiger partial charge in [0, 0.05) is 12.7 Å². The van der Waals surface area contributed by atoms with E-state index in [9.17, 15) is 18.8 Å². The van der Waals surface area contributed by atoms with Gasteiger partial charge in [0.2, 0.25) is 11.8 Å². The van der Waals surface area contributed by atoms with Crippen molar-refractivity contribution < 1.29 is 14.0 Å². The summed E-state index contributed by atoms with van der Waals surface area (Å²) in [6, 6.07) is 12.2. The molecule has 3 rings (SSSR count). The predicted octanol–water partition coefficient (Wildman–Crippen LogP) is 1.94. The maximum atomic E-state index is 12.9. The molecule has 1 heterocycles. The number of hydrogen-bond donors (Lipinski definition) is 1. The van der Waals surface area contributed by atoms with E-state index in [4.69, 9.17) is 0 Å². The summed E-state index contributed by atoms with van der Waals surface area (Å²) in [5.74, 6) is -0.823. The molecule has 0 bridgehead atoms. The lowest BCUT2D eigenvalue weighted by atomic mass is 10.2. The highest BCUT2D eigenvalue weighted by Crippen LogP contribution is 2.09. The lowest BCUT2D eigenvalue weighted by Crippen LogP contribution is -2.39. The van der Waals surface area contributed by atoms with Crippen LogP contribution >= 0.6 is 0 Å². The van der Waals surface area contributed by atoms with E-state index in [0.717, 1.165) is 0 Å². The monoisotopic (exact) mass is 382 g/mol. The van der Waals surface area contributed by atoms with E-state index < -0.39 is 17.6 Å². The number of nitrogens with zero attached hydrogens (tertiary/aromatic N) is 3. The smallest absolute Gasteiger partial charge is 0.261 e. The van der Waals surface area contributed by atoms with Crippen LogP contribution < -0.4 is 10.9 Å². The number of para-hydroxylation sites is 1. The zero-order chi connectivity index (χ0) is 20.3. The van der Waals surface area contributed by atoms with Gasteiger partial charge in [-0.15, -0.1) is 0 Å². The highest BCUT2D eigenvalue weighted by molar-refractivity contribution is 5.94. The van der Waals surface area contributed by atoms with E-state index in [0.29, 0.717) is 22.4 Å². The van der Waals surface area contributed by atoms with E-state index in [1.165, 1.54) is 40.8 Å². The first-order chi connectivity index (χ1) is 13.3. The third-order valence-corrected chi connectivity index (χ3v) is 4.28. The number of carbonyl (C=O) groups excluding carboxylic acids is 2. The summed E-state index contributed by atoms with van der Waals surface area (Å²) in [4.78, 5) is 42.8. The number of hydrogen-bond acceptors (Lipinski definition) is 4. The Bertz CT molecular complexity index is 1090. The lowest BCUT2D eigenvalue weighted by Gasteiger charge is -2.18. The van der Waals surface area contributed by atoms with Crippen molar-refractivity contribution in [1.82, 2.24) is 14.5 Å². The summed E-state index contributed by atoms with van der Waals surface area (Å²) in [6.07, 6.45) is 0. The second-order valence-corrected chi connectivity index (χ2v) is 6.37. The molecule has 0 radical (unpaired) electrons. The molecule has 0 spiro atoms. The Morgan fingerprint density at radius 1 is 1.14 bits per heavy atom. The normalized spacial score (nSPS) is 10.7. The van der Waals surface area contributed by atoms with Crippen molar-refractivity contribution in [3.05, 3.63) is 70.5 Å². The van der Waals surface area contributed by atoms with Gasteiger partial charge in [-0.2, -0.15) is 0 Å². The third kappa shape index (κ3) is 4.22. The Labute approximate surface area is 160 Å². The van der Waals surface area contributed by atoms with E-state index in [-0.39, 0.29) is 18.6 Å². The first-order valence-electron chi connectivity index (χ1n) is 8.60. The van der Waals surface area contributed by atoms with Gasteiger partial charge in [-0.3, -0.25) is 19.0 Å². The summed E-state index contributed by atoms with van der Waals surface area (Å²) in [5.41, 5.74) is 0.694. The maximum absolute atomic E-state index is 12.9. The lowest BCUT2D eigenvalue weighted by molar-refractivity contribution is -0.133. The first kappa shape index (κ1) is 19.2. The topological polar surface area (TPSA) is 84.3 Å². The Kier molecular flexibility index (Phi) is 5.49. The number of likely N-dealkylation sites (N-methyl/N-ethyl adjacent to an activating group) is 1. The van der Waals surface area contributed by atoms with Crippen LogP contribution in [0.1, 0.15) is 5.82 Å². The number of benzene rings is 2. The minimum absolute atomic E-state index is 0.203. The standard InChI is InChI=1S/C20H19FN4O3/c1-13-22-17-6-4-3-5-16(17)20(28)25(13)12-19(27)24(2)11-18(26)23-15-9-7-14(21)8-10-15/h3-10H,11-12H2,1-2H3,(H,23,26). The summed E-state index contributed by atoms with van der Waals surface area (Å²) in [5, 5.41) is 3.01. The summed E-state index contributed by atoms with van der Waals surface area (Å²) in [7, 11) is 1.47. The van der Waals surface area contributed by atoms with Crippen LogP contribution in [0.25, 0.3) is 10.9 Å². The molecule has 0 saturated heterocycles. The molecule has 0 aliphatic rings. The number of anilines is 1. The fourth-order valence-electron chi connectivity index (χ4n) is 2.76. The van der Waals surface area contributed by atoms with Gasteiger partial charge in [0.05, 0.1) is 17.4 Å². The van der Waals surface area contributed by atoms with Crippen LogP contribution in [0.15, 0.2) is 53.3 Å². The largest absolute Gasteiger partial charge is 0.335 e. The van der Waals surface area contributed by atoms with Gasteiger partial charge in [0.1, 0.15) is 18.2 Å². The molecular weight excluding hydrogens is 363 g/mol. The van der Waals surface area contributed by atoms with Gasteiger partial charge < -0.3 is 10.2 Å². The van der Waals surface area contributed by atoms with E-state index in [2.05, 4.69) is 10.3 Å². The molecule has 0 atom stereocenters. The molecule has 144 valence electrons. The van der Waals surface area contributed by atoms with Crippen LogP contribution in [0.4, 0.5) is 10.1 Å². The predicted molar refractivity (Wildman–Crippen MR) is 103 cm³/mol. The minimum Gasteiger partial charge on any atom is -0.335 e. The zero-order valence-corrected chi connectivity index (χ0v) is 15.5. The number of halogens is 1. The van der Waals surface area contributed by atoms with E-state index >= 15 is 0 Å². The summed E-state index contributed by atoms with van der Waals surface area (Å²) >= 11 is 0. The van der Waals surface area contributed by atoms with Gasteiger partial charge in [-0.25, -0.2) is 9.37 Å². The van der Waals surface area contributed by atoms with Crippen molar-refractivity contribution in [2.24, 2.45) is 0 Å². The zero-order valence-electron chi connectivity index (χ0n) is 15.5. The molecule has 0 aliphatic heterocycles. The number of amides is 2. The van der Waals surface area contributed by atoms with Gasteiger partial charge in [0.25, 0.3) is 5.56 Å². The van der Waals surface area contributed by atoms with Gasteiger partial charge in [-0.05, 0) is 43.3 Å². The molecule has 0 unspecified atom stereocenters. The quantitative estimate of drug-likeness (QED) is 0.731. The van der Waals surface area contributed by atoms with Crippen LogP contribution in [-0.2, 0) is 16.1 Å². The molecule has 0 aliphatic carbocycles. The highest BCUT2D eigenvalue weighted by atomic mass is 19.1. The molecule has 0 fully saturated rings. The maximum Gasteiger partial charge on any atom is 0.261 e. The molecule has 8 heteroatoms. The summed E-state index contributed by atoms with van der Waals surface area (Å²) in [6.45, 7) is 1.23. The fraction of sp³-hybridized carbons (Fsp3) is 0.200. The number of aryl methyl sites for hydroxylation is 1. The number of carbonyl (C=O) groups is 2. The molecule has 1 aromatic heterocycles. The second-order valence-electron chi connectivity index (χ2n) is 6.37. The molecule has 0 saturated carbocycles. The molecule has 1 N–H and O–H groups in total. The average molecular weight is 382 g/mol. The molecule has 7 nitrogen and oxygen atoms in total. The highest BCUT2D eigenvalue weighted by Gasteiger charge is 2.16.